The van der Waals surface area contributed by atoms with E-state index in [1.54, 1.807) is 13.8 Å². The minimum Gasteiger partial charge on any atom is -0.480 e. The second-order valence-corrected chi connectivity index (χ2v) is 5.33. The van der Waals surface area contributed by atoms with Gasteiger partial charge in [0, 0.05) is 0 Å². The average molecular weight is 337 g/mol. The molecule has 0 aliphatic carbocycles. The van der Waals surface area contributed by atoms with Crippen molar-refractivity contribution < 1.29 is 29.0 Å². The van der Waals surface area contributed by atoms with E-state index in [0.717, 1.165) is 5.56 Å². The van der Waals surface area contributed by atoms with Crippen LogP contribution >= 0.6 is 0 Å². The standard InChI is InChI=1S/C17H23NO6/c1-3-24-17(22)12(2)9-14(16(20)21)18-15(19)11-23-10-13-7-5-4-6-8-13/h4-8,12,14H,3,9-11H2,1-2H3,(H,18,19)(H,20,21)/t12-,14+/m0/s1. The third-order valence-electron chi connectivity index (χ3n) is 3.26. The summed E-state index contributed by atoms with van der Waals surface area (Å²) in [6, 6.07) is 8.14. The van der Waals surface area contributed by atoms with Crippen molar-refractivity contribution in [1.82, 2.24) is 5.32 Å². The molecule has 0 saturated heterocycles. The smallest absolute Gasteiger partial charge is 0.326 e. The van der Waals surface area contributed by atoms with Gasteiger partial charge in [0.2, 0.25) is 5.91 Å². The Hall–Kier alpha value is -2.41. The van der Waals surface area contributed by atoms with Crippen molar-refractivity contribution >= 4 is 17.8 Å². The molecule has 132 valence electrons. The Balaban J connectivity index is 2.42. The zero-order valence-electron chi connectivity index (χ0n) is 13.9. The van der Waals surface area contributed by atoms with Gasteiger partial charge in [-0.2, -0.15) is 0 Å². The monoisotopic (exact) mass is 337 g/mol. The number of carboxylic acid groups (broad SMARTS) is 1. The van der Waals surface area contributed by atoms with Crippen LogP contribution in [0.3, 0.4) is 0 Å². The average Bonchev–Trinajstić information content (AvgIpc) is 2.55. The first-order chi connectivity index (χ1) is 11.4. The molecule has 2 N–H and O–H groups in total. The van der Waals surface area contributed by atoms with Crippen molar-refractivity contribution in [1.29, 1.82) is 0 Å². The quantitative estimate of drug-likeness (QED) is 0.625. The number of carbonyl (C=O) groups is 3. The third-order valence-corrected chi connectivity index (χ3v) is 3.26. The number of hydrogen-bond acceptors (Lipinski definition) is 5. The minimum absolute atomic E-state index is 0.0431. The van der Waals surface area contributed by atoms with Crippen LogP contribution in [-0.4, -0.2) is 42.2 Å². The zero-order valence-corrected chi connectivity index (χ0v) is 13.9. The molecule has 0 heterocycles. The molecule has 1 amide bonds. The highest BCUT2D eigenvalue weighted by Gasteiger charge is 2.26. The van der Waals surface area contributed by atoms with Crippen LogP contribution in [0.5, 0.6) is 0 Å². The molecule has 0 fully saturated rings. The second kappa shape index (κ2) is 10.4. The highest BCUT2D eigenvalue weighted by atomic mass is 16.5. The maximum Gasteiger partial charge on any atom is 0.326 e. The summed E-state index contributed by atoms with van der Waals surface area (Å²) in [5, 5.41) is 11.5. The molecule has 0 radical (unpaired) electrons. The molecule has 1 aromatic rings. The van der Waals surface area contributed by atoms with E-state index in [1.807, 2.05) is 30.3 Å². The number of rotatable bonds is 10. The number of benzene rings is 1. The normalized spacial score (nSPS) is 12.9. The Labute approximate surface area is 141 Å². The van der Waals surface area contributed by atoms with Crippen LogP contribution < -0.4 is 5.32 Å². The first-order valence-corrected chi connectivity index (χ1v) is 7.74. The summed E-state index contributed by atoms with van der Waals surface area (Å²) in [7, 11) is 0. The lowest BCUT2D eigenvalue weighted by Crippen LogP contribution is -2.44. The number of carboxylic acids is 1. The fourth-order valence-corrected chi connectivity index (χ4v) is 2.03. The predicted octanol–water partition coefficient (Wildman–Crippen LogP) is 1.36. The van der Waals surface area contributed by atoms with Gasteiger partial charge in [0.05, 0.1) is 19.1 Å². The largest absolute Gasteiger partial charge is 0.480 e. The highest BCUT2D eigenvalue weighted by molar-refractivity contribution is 5.84. The Kier molecular flexibility index (Phi) is 8.49. The first-order valence-electron chi connectivity index (χ1n) is 7.74. The van der Waals surface area contributed by atoms with Gasteiger partial charge in [-0.1, -0.05) is 37.3 Å². The van der Waals surface area contributed by atoms with Gasteiger partial charge in [0.1, 0.15) is 12.6 Å². The number of esters is 1. The minimum atomic E-state index is -1.21. The fourth-order valence-electron chi connectivity index (χ4n) is 2.03. The van der Waals surface area contributed by atoms with Crippen molar-refractivity contribution in [2.75, 3.05) is 13.2 Å². The first kappa shape index (κ1) is 19.6. The van der Waals surface area contributed by atoms with Gasteiger partial charge in [0.15, 0.2) is 0 Å². The summed E-state index contributed by atoms with van der Waals surface area (Å²) in [6.45, 7) is 3.45. The number of hydrogen-bond donors (Lipinski definition) is 2. The van der Waals surface area contributed by atoms with Gasteiger partial charge in [-0.05, 0) is 18.9 Å². The van der Waals surface area contributed by atoms with Gasteiger partial charge in [0.25, 0.3) is 0 Å². The molecule has 2 atom stereocenters. The van der Waals surface area contributed by atoms with Gasteiger partial charge < -0.3 is 19.9 Å². The van der Waals surface area contributed by atoms with E-state index in [-0.39, 0.29) is 26.2 Å². The van der Waals surface area contributed by atoms with E-state index in [1.165, 1.54) is 0 Å². The number of nitrogens with one attached hydrogen (secondary N) is 1. The van der Waals surface area contributed by atoms with E-state index in [4.69, 9.17) is 9.47 Å². The van der Waals surface area contributed by atoms with E-state index in [9.17, 15) is 19.5 Å². The van der Waals surface area contributed by atoms with Crippen LogP contribution in [-0.2, 0) is 30.5 Å². The van der Waals surface area contributed by atoms with Crippen LogP contribution in [0.2, 0.25) is 0 Å². The van der Waals surface area contributed by atoms with Crippen molar-refractivity contribution in [3.63, 3.8) is 0 Å². The Morgan fingerprint density at radius 3 is 2.46 bits per heavy atom. The number of aliphatic carboxylic acids is 1. The molecule has 0 saturated carbocycles. The summed E-state index contributed by atoms with van der Waals surface area (Å²) in [4.78, 5) is 34.6. The summed E-state index contributed by atoms with van der Waals surface area (Å²) in [5.41, 5.74) is 0.913. The van der Waals surface area contributed by atoms with E-state index >= 15 is 0 Å². The van der Waals surface area contributed by atoms with Crippen molar-refractivity contribution in [2.24, 2.45) is 5.92 Å². The van der Waals surface area contributed by atoms with Crippen molar-refractivity contribution in [3.8, 4) is 0 Å². The Morgan fingerprint density at radius 1 is 1.21 bits per heavy atom. The van der Waals surface area contributed by atoms with Gasteiger partial charge in [-0.15, -0.1) is 0 Å². The predicted molar refractivity (Wildman–Crippen MR) is 86.1 cm³/mol. The summed E-state index contributed by atoms with van der Waals surface area (Å²) in [5.74, 6) is -2.87. The molecule has 24 heavy (non-hydrogen) atoms. The topological polar surface area (TPSA) is 102 Å². The molecular weight excluding hydrogens is 314 g/mol. The molecule has 7 nitrogen and oxygen atoms in total. The number of ether oxygens (including phenoxy) is 2. The molecule has 7 heteroatoms. The molecule has 0 aromatic heterocycles. The Bertz CT molecular complexity index is 545. The van der Waals surface area contributed by atoms with Crippen LogP contribution in [0.4, 0.5) is 0 Å². The molecule has 1 rings (SSSR count). The van der Waals surface area contributed by atoms with Gasteiger partial charge in [-0.3, -0.25) is 9.59 Å². The zero-order chi connectivity index (χ0) is 17.9. The lowest BCUT2D eigenvalue weighted by Gasteiger charge is -2.18. The van der Waals surface area contributed by atoms with Crippen LogP contribution in [0.25, 0.3) is 0 Å². The maximum absolute atomic E-state index is 11.8. The summed E-state index contributed by atoms with van der Waals surface area (Å²) < 4.78 is 10.1. The summed E-state index contributed by atoms with van der Waals surface area (Å²) >= 11 is 0. The molecule has 0 spiro atoms. The van der Waals surface area contributed by atoms with E-state index in [0.29, 0.717) is 0 Å². The second-order valence-electron chi connectivity index (χ2n) is 5.33. The molecule has 0 bridgehead atoms. The SMILES string of the molecule is CCOC(=O)[C@@H](C)C[C@@H](NC(=O)COCc1ccccc1)C(=O)O. The van der Waals surface area contributed by atoms with E-state index < -0.39 is 29.8 Å². The lowest BCUT2D eigenvalue weighted by molar-refractivity contribution is -0.149. The van der Waals surface area contributed by atoms with Crippen molar-refractivity contribution in [3.05, 3.63) is 35.9 Å². The van der Waals surface area contributed by atoms with Crippen molar-refractivity contribution in [2.45, 2.75) is 32.9 Å². The highest BCUT2D eigenvalue weighted by Crippen LogP contribution is 2.09. The molecule has 0 unspecified atom stereocenters. The van der Waals surface area contributed by atoms with E-state index in [2.05, 4.69) is 5.32 Å². The molecule has 1 aromatic carbocycles. The van der Waals surface area contributed by atoms with Crippen LogP contribution in [0.1, 0.15) is 25.8 Å². The maximum atomic E-state index is 11.8. The summed E-state index contributed by atoms with van der Waals surface area (Å²) in [6.07, 6.45) is -0.0431. The molecular formula is C17H23NO6. The van der Waals surface area contributed by atoms with Crippen LogP contribution in [0, 0.1) is 5.92 Å². The number of carbonyl (C=O) groups excluding carboxylic acids is 2. The van der Waals surface area contributed by atoms with Crippen LogP contribution in [0.15, 0.2) is 30.3 Å². The fraction of sp³-hybridized carbons (Fsp3) is 0.471. The Morgan fingerprint density at radius 2 is 1.88 bits per heavy atom. The molecule has 0 aliphatic rings. The number of amides is 1. The van der Waals surface area contributed by atoms with Gasteiger partial charge >= 0.3 is 11.9 Å². The molecule has 0 aliphatic heterocycles. The third kappa shape index (κ3) is 7.23. The van der Waals surface area contributed by atoms with Gasteiger partial charge in [-0.25, -0.2) is 4.79 Å². The lowest BCUT2D eigenvalue weighted by atomic mass is 10.0.